The van der Waals surface area contributed by atoms with Crippen LogP contribution in [0.2, 0.25) is 0 Å². The Labute approximate surface area is 451 Å². The first-order valence-corrected chi connectivity index (χ1v) is 25.4. The first-order chi connectivity index (χ1) is 36.7. The summed E-state index contributed by atoms with van der Waals surface area (Å²) in [4.78, 5) is 41.7. The standard InChI is InChI=1S/2C18H21O8P.3C4H11NO3/c2*1-22-14-8-7-12(9-15(14)26-27(19,20)21)5-6-13-10-16(23-2)18(25-4)17(11-13)24-3;3*5-4(1-6,2-7)3-8/h2*5-11H,1-4H3,(H2,19,20,21);3*6-8H,1-3,5H2/b2*6-5-;;;. The summed E-state index contributed by atoms with van der Waals surface area (Å²) >= 11 is 0. The van der Waals surface area contributed by atoms with E-state index >= 15 is 0 Å². The third-order valence-corrected chi connectivity index (χ3v) is 11.0. The van der Waals surface area contributed by atoms with E-state index in [1.54, 1.807) is 60.7 Å². The minimum absolute atomic E-state index is 0.120. The molecule has 30 heteroatoms. The van der Waals surface area contributed by atoms with Gasteiger partial charge in [0.05, 0.1) is 56.9 Å². The van der Waals surface area contributed by atoms with Gasteiger partial charge in [0, 0.05) is 0 Å². The van der Waals surface area contributed by atoms with E-state index in [1.807, 2.05) is 0 Å². The van der Waals surface area contributed by atoms with E-state index in [0.29, 0.717) is 45.6 Å². The molecule has 78 heavy (non-hydrogen) atoms. The molecule has 0 saturated carbocycles. The van der Waals surface area contributed by atoms with Gasteiger partial charge in [-0.25, -0.2) is 0 Å². The van der Waals surface area contributed by atoms with E-state index in [-0.39, 0.29) is 82.5 Å². The number of hydrogen-bond donors (Lipinski definition) is 13. The summed E-state index contributed by atoms with van der Waals surface area (Å²) in [6.45, 7) is -2.62. The molecule has 0 aliphatic carbocycles. The van der Waals surface area contributed by atoms with E-state index < -0.39 is 32.3 Å². The van der Waals surface area contributed by atoms with E-state index in [9.17, 15) is 23.8 Å². The molecule has 1 atom stereocenters. The average Bonchev–Trinajstić information content (AvgIpc) is 3.44. The lowest BCUT2D eigenvalue weighted by Gasteiger charge is -2.29. The van der Waals surface area contributed by atoms with Crippen molar-refractivity contribution in [1.29, 1.82) is 0 Å². The molecule has 0 heterocycles. The molecule has 4 aromatic carbocycles. The molecule has 0 aliphatic heterocycles. The van der Waals surface area contributed by atoms with Crippen molar-refractivity contribution in [3.8, 4) is 57.5 Å². The van der Waals surface area contributed by atoms with Gasteiger partial charge in [0.25, 0.3) is 0 Å². The predicted octanol–water partition coefficient (Wildman–Crippen LogP) is -4.34. The zero-order valence-electron chi connectivity index (χ0n) is 44.6. The van der Waals surface area contributed by atoms with Gasteiger partial charge >= 0.3 is 7.82 Å². The Morgan fingerprint density at radius 1 is 0.385 bits per heavy atom. The summed E-state index contributed by atoms with van der Waals surface area (Å²) in [6, 6.07) is 16.2. The zero-order valence-corrected chi connectivity index (χ0v) is 46.3. The lowest BCUT2D eigenvalue weighted by Crippen LogP contribution is -2.78. The molecule has 4 aromatic rings. The highest BCUT2D eigenvalue weighted by Gasteiger charge is 2.27. The summed E-state index contributed by atoms with van der Waals surface area (Å²) in [5, 5.41) is 75.6. The fourth-order valence-electron chi connectivity index (χ4n) is 5.21. The number of phosphoric ester groups is 2. The van der Waals surface area contributed by atoms with Crippen LogP contribution in [-0.4, -0.2) is 184 Å². The number of aliphatic hydroxyl groups excluding tert-OH is 9. The van der Waals surface area contributed by atoms with Crippen molar-refractivity contribution in [2.75, 3.05) is 116 Å². The first kappa shape index (κ1) is 72.2. The van der Waals surface area contributed by atoms with Crippen molar-refractivity contribution in [3.05, 3.63) is 82.9 Å². The van der Waals surface area contributed by atoms with Crippen molar-refractivity contribution in [1.82, 2.24) is 0 Å². The number of benzene rings is 4. The number of hydrogen-bond acceptors (Lipinski definition) is 24. The second-order valence-electron chi connectivity index (χ2n) is 16.4. The fourth-order valence-corrected chi connectivity index (χ4v) is 5.99. The number of rotatable bonds is 25. The number of methoxy groups -OCH3 is 8. The minimum Gasteiger partial charge on any atom is -0.780 e. The van der Waals surface area contributed by atoms with Crippen molar-refractivity contribution >= 4 is 39.9 Å². The normalized spacial score (nSPS) is 12.2. The van der Waals surface area contributed by atoms with Gasteiger partial charge in [-0.1, -0.05) is 36.4 Å². The summed E-state index contributed by atoms with van der Waals surface area (Å²) in [7, 11) is 1.65. The molecule has 0 radical (unpaired) electrons. The van der Waals surface area contributed by atoms with Gasteiger partial charge in [0.2, 0.25) is 11.5 Å². The van der Waals surface area contributed by atoms with E-state index in [2.05, 4.69) is 26.2 Å². The van der Waals surface area contributed by atoms with Gasteiger partial charge in [-0.2, -0.15) is 0 Å². The molecule has 1 unspecified atom stereocenters. The van der Waals surface area contributed by atoms with E-state index in [1.165, 1.54) is 81.1 Å². The number of phosphoric acid groups is 2. The highest BCUT2D eigenvalue weighted by molar-refractivity contribution is 7.45. The molecule has 19 N–H and O–H groups in total. The molecule has 0 aliphatic rings. The van der Waals surface area contributed by atoms with Gasteiger partial charge in [0.1, 0.15) is 67.3 Å². The van der Waals surface area contributed by atoms with Crippen molar-refractivity contribution in [2.24, 2.45) is 0 Å². The van der Waals surface area contributed by atoms with Crippen LogP contribution in [0.4, 0.5) is 0 Å². The Kier molecular flexibility index (Phi) is 33.0. The number of quaternary nitrogens is 3. The van der Waals surface area contributed by atoms with Crippen LogP contribution in [-0.2, 0) is 9.13 Å². The van der Waals surface area contributed by atoms with Crippen LogP contribution in [0.1, 0.15) is 22.3 Å². The summed E-state index contributed by atoms with van der Waals surface area (Å²) in [5.41, 5.74) is 9.97. The summed E-state index contributed by atoms with van der Waals surface area (Å²) < 4.78 is 72.7. The Morgan fingerprint density at radius 3 is 0.808 bits per heavy atom. The molecule has 0 saturated heterocycles. The maximum absolute atomic E-state index is 11.0. The summed E-state index contributed by atoms with van der Waals surface area (Å²) in [6.07, 6.45) is 6.95. The van der Waals surface area contributed by atoms with E-state index in [4.69, 9.17) is 88.7 Å². The van der Waals surface area contributed by atoms with Gasteiger partial charge in [-0.05, 0) is 70.8 Å². The Morgan fingerprint density at radius 2 is 0.615 bits per heavy atom. The maximum atomic E-state index is 11.0. The van der Waals surface area contributed by atoms with Crippen LogP contribution in [0.25, 0.3) is 24.3 Å². The highest BCUT2D eigenvalue weighted by atomic mass is 31.2. The zero-order chi connectivity index (χ0) is 59.9. The molecule has 0 aromatic heterocycles. The highest BCUT2D eigenvalue weighted by Crippen LogP contribution is 2.42. The van der Waals surface area contributed by atoms with Crippen molar-refractivity contribution < 1.29 is 139 Å². The van der Waals surface area contributed by atoms with Crippen LogP contribution >= 0.6 is 15.6 Å². The van der Waals surface area contributed by atoms with Crippen LogP contribution in [0.5, 0.6) is 57.5 Å². The largest absolute Gasteiger partial charge is 0.780 e. The van der Waals surface area contributed by atoms with Crippen LogP contribution in [0.3, 0.4) is 0 Å². The first-order valence-electron chi connectivity index (χ1n) is 22.5. The monoisotopic (exact) mass is 1160 g/mol. The van der Waals surface area contributed by atoms with Crippen LogP contribution in [0, 0.1) is 0 Å². The fraction of sp³-hybridized carbons (Fsp3) is 0.417. The van der Waals surface area contributed by atoms with Crippen molar-refractivity contribution in [3.63, 3.8) is 0 Å². The average molecular weight is 1160 g/mol. The molecule has 0 fully saturated rings. The Balaban J connectivity index is 0.00000108. The lowest BCUT2D eigenvalue weighted by atomic mass is 10.1. The predicted molar refractivity (Wildman–Crippen MR) is 275 cm³/mol. The van der Waals surface area contributed by atoms with Gasteiger partial charge in [-0.3, -0.25) is 4.57 Å². The minimum atomic E-state index is -5.21. The Hall–Kier alpha value is -5.82. The maximum Gasteiger partial charge on any atom is 0.317 e. The third-order valence-electron chi connectivity index (χ3n) is 10.1. The number of ether oxygens (including phenoxy) is 8. The third kappa shape index (κ3) is 25.3. The van der Waals surface area contributed by atoms with Crippen LogP contribution in [0.15, 0.2) is 60.7 Å². The summed E-state index contributed by atoms with van der Waals surface area (Å²) in [5.74, 6) is 2.94. The molecule has 0 amide bonds. The molecule has 28 nitrogen and oxygen atoms in total. The molecule has 442 valence electrons. The smallest absolute Gasteiger partial charge is 0.317 e. The molecule has 4 rings (SSSR count). The molecule has 0 bridgehead atoms. The van der Waals surface area contributed by atoms with Crippen molar-refractivity contribution in [2.45, 2.75) is 16.6 Å². The molecular weight excluding hydrogens is 1080 g/mol. The van der Waals surface area contributed by atoms with Gasteiger partial charge in [0.15, 0.2) is 62.6 Å². The number of aliphatic hydroxyl groups is 9. The second-order valence-corrected chi connectivity index (χ2v) is 18.6. The molecular formula is C48H75N3O25P2. The van der Waals surface area contributed by atoms with Crippen LogP contribution < -0.4 is 78.8 Å². The Bertz CT molecular complexity index is 2270. The SMILES string of the molecule is COc1ccc(/C=C\c2cc(OC)c(OC)c(OC)c2)cc1OP(=O)([O-])O.COc1ccc(/C=C\c2cc(OC)c(OC)c(OC)c2)cc1OP(=O)([O-])[O-].[NH3+]C(CO)(CO)CO.[NH3+]C(CO)(CO)CO.[NH3+]C(CO)(CO)CO. The molecule has 0 spiro atoms. The quantitative estimate of drug-likeness (QED) is 0.0220. The van der Waals surface area contributed by atoms with Gasteiger partial charge in [-0.15, -0.1) is 0 Å². The second kappa shape index (κ2) is 35.6. The van der Waals surface area contributed by atoms with E-state index in [0.717, 1.165) is 11.1 Å². The van der Waals surface area contributed by atoms with Gasteiger partial charge < -0.3 is 134 Å². The topological polar surface area (TPSA) is 481 Å². The lowest BCUT2D eigenvalue weighted by molar-refractivity contribution is -0.495.